The van der Waals surface area contributed by atoms with Crippen LogP contribution in [0, 0.1) is 0 Å². The molecule has 0 saturated heterocycles. The molecule has 92 valence electrons. The number of carbonyl (C=O) groups is 1. The van der Waals surface area contributed by atoms with E-state index in [4.69, 9.17) is 5.11 Å². The molecule has 1 aromatic rings. The minimum atomic E-state index is -1.07. The Labute approximate surface area is 102 Å². The van der Waals surface area contributed by atoms with Crippen molar-refractivity contribution in [3.8, 4) is 0 Å². The van der Waals surface area contributed by atoms with Gasteiger partial charge in [-0.1, -0.05) is 12.8 Å². The molecule has 0 spiro atoms. The number of nitrogens with zero attached hydrogens (tertiary/aromatic N) is 2. The molecule has 6 heteroatoms. The van der Waals surface area contributed by atoms with Crippen LogP contribution in [-0.4, -0.2) is 30.5 Å². The van der Waals surface area contributed by atoms with Crippen LogP contribution >= 0.6 is 0 Å². The van der Waals surface area contributed by atoms with Gasteiger partial charge in [0.25, 0.3) is 0 Å². The van der Waals surface area contributed by atoms with Gasteiger partial charge in [-0.25, -0.2) is 14.8 Å². The van der Waals surface area contributed by atoms with Crippen molar-refractivity contribution in [2.45, 2.75) is 36.7 Å². The van der Waals surface area contributed by atoms with E-state index in [1.165, 1.54) is 12.5 Å². The normalized spacial score (nSPS) is 18.1. The van der Waals surface area contributed by atoms with E-state index in [0.29, 0.717) is 5.69 Å². The topological polar surface area (TPSA) is 80.2 Å². The van der Waals surface area contributed by atoms with E-state index < -0.39 is 16.8 Å². The lowest BCUT2D eigenvalue weighted by Crippen LogP contribution is -2.15. The Kier molecular flexibility index (Phi) is 3.83. The van der Waals surface area contributed by atoms with Crippen molar-refractivity contribution in [3.05, 3.63) is 23.8 Å². The fourth-order valence-corrected chi connectivity index (χ4v) is 3.65. The number of carboxylic acids is 1. The molecular formula is C11H14N2O3S. The first-order chi connectivity index (χ1) is 8.18. The minimum absolute atomic E-state index is 0.0545. The summed E-state index contributed by atoms with van der Waals surface area (Å²) in [4.78, 5) is 18.6. The zero-order chi connectivity index (χ0) is 12.3. The van der Waals surface area contributed by atoms with E-state index in [-0.39, 0.29) is 16.6 Å². The molecular weight excluding hydrogens is 240 g/mol. The molecule has 1 heterocycles. The summed E-state index contributed by atoms with van der Waals surface area (Å²) in [5.41, 5.74) is 0.427. The summed E-state index contributed by atoms with van der Waals surface area (Å²) in [5.74, 6) is -0.849. The number of hydrogen-bond donors (Lipinski definition) is 1. The monoisotopic (exact) mass is 254 g/mol. The first kappa shape index (κ1) is 12.2. The molecule has 0 bridgehead atoms. The van der Waals surface area contributed by atoms with Gasteiger partial charge in [0.2, 0.25) is 0 Å². The van der Waals surface area contributed by atoms with E-state index in [0.717, 1.165) is 25.7 Å². The smallest absolute Gasteiger partial charge is 0.339 e. The second kappa shape index (κ2) is 5.35. The molecule has 2 rings (SSSR count). The van der Waals surface area contributed by atoms with Crippen molar-refractivity contribution in [3.63, 3.8) is 0 Å². The van der Waals surface area contributed by atoms with Crippen LogP contribution in [0.25, 0.3) is 0 Å². The van der Waals surface area contributed by atoms with Gasteiger partial charge in [0, 0.05) is 22.2 Å². The maximum absolute atomic E-state index is 12.0. The third kappa shape index (κ3) is 2.88. The molecule has 1 saturated carbocycles. The Balaban J connectivity index is 2.12. The molecule has 0 aliphatic heterocycles. The number of hydrogen-bond acceptors (Lipinski definition) is 4. The van der Waals surface area contributed by atoms with Crippen LogP contribution in [0.1, 0.15) is 41.7 Å². The van der Waals surface area contributed by atoms with Crippen LogP contribution in [-0.2, 0) is 16.6 Å². The fraction of sp³-hybridized carbons (Fsp3) is 0.545. The molecule has 1 aliphatic rings. The average Bonchev–Trinajstić information content (AvgIpc) is 2.83. The quantitative estimate of drug-likeness (QED) is 0.877. The Morgan fingerprint density at radius 3 is 2.82 bits per heavy atom. The summed E-state index contributed by atoms with van der Waals surface area (Å²) in [6.45, 7) is 0. The van der Waals surface area contributed by atoms with Crippen LogP contribution in [0.2, 0.25) is 0 Å². The fourth-order valence-electron chi connectivity index (χ4n) is 2.05. The molecule has 1 unspecified atom stereocenters. The molecule has 1 aliphatic carbocycles. The Hall–Kier alpha value is -1.30. The highest BCUT2D eigenvalue weighted by Crippen LogP contribution is 2.24. The highest BCUT2D eigenvalue weighted by Gasteiger charge is 2.23. The van der Waals surface area contributed by atoms with Gasteiger partial charge < -0.3 is 5.11 Å². The predicted octanol–water partition coefficient (Wildman–Crippen LogP) is 1.37. The molecule has 0 amide bonds. The Bertz CT molecular complexity index is 444. The summed E-state index contributed by atoms with van der Waals surface area (Å²) in [7, 11) is -1.03. The Morgan fingerprint density at radius 2 is 2.18 bits per heavy atom. The van der Waals surface area contributed by atoms with Crippen molar-refractivity contribution >= 4 is 16.8 Å². The van der Waals surface area contributed by atoms with Gasteiger partial charge in [0.1, 0.15) is 11.9 Å². The lowest BCUT2D eigenvalue weighted by molar-refractivity contribution is 0.0695. The first-order valence-corrected chi connectivity index (χ1v) is 6.96. The summed E-state index contributed by atoms with van der Waals surface area (Å²) < 4.78 is 12.0. The number of aromatic nitrogens is 2. The average molecular weight is 254 g/mol. The van der Waals surface area contributed by atoms with Crippen molar-refractivity contribution in [2.75, 3.05) is 0 Å². The molecule has 17 heavy (non-hydrogen) atoms. The van der Waals surface area contributed by atoms with Crippen molar-refractivity contribution < 1.29 is 14.1 Å². The van der Waals surface area contributed by atoms with Gasteiger partial charge in [-0.2, -0.15) is 0 Å². The summed E-state index contributed by atoms with van der Waals surface area (Å²) in [6.07, 6.45) is 6.74. The van der Waals surface area contributed by atoms with Crippen molar-refractivity contribution in [1.82, 2.24) is 9.97 Å². The Morgan fingerprint density at radius 1 is 1.47 bits per heavy atom. The van der Waals surface area contributed by atoms with E-state index in [1.54, 1.807) is 0 Å². The second-order valence-corrected chi connectivity index (χ2v) is 5.84. The minimum Gasteiger partial charge on any atom is -0.478 e. The van der Waals surface area contributed by atoms with Gasteiger partial charge in [-0.15, -0.1) is 0 Å². The van der Waals surface area contributed by atoms with E-state index >= 15 is 0 Å². The molecule has 0 radical (unpaired) electrons. The van der Waals surface area contributed by atoms with Crippen molar-refractivity contribution in [1.29, 1.82) is 0 Å². The van der Waals surface area contributed by atoms with Crippen LogP contribution < -0.4 is 0 Å². The number of aromatic carboxylic acids is 1. The van der Waals surface area contributed by atoms with Gasteiger partial charge in [-0.3, -0.25) is 4.21 Å². The van der Waals surface area contributed by atoms with E-state index in [1.807, 2.05) is 0 Å². The summed E-state index contributed by atoms with van der Waals surface area (Å²) in [5, 5.41) is 9.17. The summed E-state index contributed by atoms with van der Waals surface area (Å²) >= 11 is 0. The molecule has 0 aromatic carbocycles. The molecule has 1 fully saturated rings. The largest absolute Gasteiger partial charge is 0.478 e. The third-order valence-electron chi connectivity index (χ3n) is 2.98. The third-order valence-corrected chi connectivity index (χ3v) is 4.75. The second-order valence-electron chi connectivity index (χ2n) is 4.12. The SMILES string of the molecule is O=C(O)c1cncnc1CS(=O)C1CCCC1. The van der Waals surface area contributed by atoms with Crippen LogP contribution in [0.4, 0.5) is 0 Å². The zero-order valence-corrected chi connectivity index (χ0v) is 10.2. The number of rotatable bonds is 4. The predicted molar refractivity (Wildman–Crippen MR) is 63.1 cm³/mol. The summed E-state index contributed by atoms with van der Waals surface area (Å²) in [6, 6.07) is 0. The van der Waals surface area contributed by atoms with Gasteiger partial charge in [-0.05, 0) is 12.8 Å². The van der Waals surface area contributed by atoms with Gasteiger partial charge >= 0.3 is 5.97 Å². The molecule has 1 aromatic heterocycles. The number of carboxylic acid groups (broad SMARTS) is 1. The van der Waals surface area contributed by atoms with Crippen LogP contribution in [0.15, 0.2) is 12.5 Å². The highest BCUT2D eigenvalue weighted by molar-refractivity contribution is 7.84. The van der Waals surface area contributed by atoms with Crippen LogP contribution in [0.3, 0.4) is 0 Å². The first-order valence-electron chi connectivity index (χ1n) is 5.58. The van der Waals surface area contributed by atoms with Gasteiger partial charge in [0.05, 0.1) is 11.4 Å². The lowest BCUT2D eigenvalue weighted by atomic mass is 10.2. The zero-order valence-electron chi connectivity index (χ0n) is 9.33. The standard InChI is InChI=1S/C11H14N2O3S/c14-11(15)9-5-12-7-13-10(9)6-17(16)8-3-1-2-4-8/h5,7-8H,1-4,6H2,(H,14,15). The van der Waals surface area contributed by atoms with Crippen LogP contribution in [0.5, 0.6) is 0 Å². The molecule has 1 N–H and O–H groups in total. The maximum Gasteiger partial charge on any atom is 0.339 e. The van der Waals surface area contributed by atoms with E-state index in [9.17, 15) is 9.00 Å². The highest BCUT2D eigenvalue weighted by atomic mass is 32.2. The lowest BCUT2D eigenvalue weighted by Gasteiger charge is -2.09. The molecule has 1 atom stereocenters. The van der Waals surface area contributed by atoms with E-state index in [2.05, 4.69) is 9.97 Å². The maximum atomic E-state index is 12.0. The molecule has 5 nitrogen and oxygen atoms in total. The van der Waals surface area contributed by atoms with Crippen molar-refractivity contribution in [2.24, 2.45) is 0 Å². The van der Waals surface area contributed by atoms with Gasteiger partial charge in [0.15, 0.2) is 0 Å².